The molecule has 1 amide bonds. The second-order valence-corrected chi connectivity index (χ2v) is 9.20. The first kappa shape index (κ1) is 21.6. The molecule has 2 fully saturated rings. The molecule has 1 saturated heterocycles. The van der Waals surface area contributed by atoms with Crippen molar-refractivity contribution in [3.63, 3.8) is 0 Å². The number of nitrogens with one attached hydrogen (secondary N) is 1. The van der Waals surface area contributed by atoms with Crippen molar-refractivity contribution in [1.82, 2.24) is 15.1 Å². The second-order valence-electron chi connectivity index (χ2n) is 9.20. The number of benzene rings is 2. The van der Waals surface area contributed by atoms with Crippen LogP contribution in [0.4, 0.5) is 11.4 Å². The van der Waals surface area contributed by atoms with Gasteiger partial charge >= 0.3 is 0 Å². The van der Waals surface area contributed by atoms with Crippen LogP contribution in [-0.4, -0.2) is 53.7 Å². The molecule has 1 aliphatic carbocycles. The maximum absolute atomic E-state index is 12.5. The standard InChI is InChI=1S/C26H31N5O2/c1-19-5-9-21(10-6-19)26-29-28-25(33-26)12-11-24(32)27-22-3-2-4-23(17-22)31-15-13-30(14-16-31)18-20-7-8-20/h2-6,9-10,17,20H,7-8,11-16,18H2,1H3,(H,27,32). The first-order valence-corrected chi connectivity index (χ1v) is 11.9. The van der Waals surface area contributed by atoms with Crippen LogP contribution in [0.25, 0.3) is 11.5 Å². The molecule has 3 aromatic rings. The second kappa shape index (κ2) is 9.75. The zero-order valence-electron chi connectivity index (χ0n) is 19.2. The fourth-order valence-corrected chi connectivity index (χ4v) is 4.25. The Hall–Kier alpha value is -3.19. The zero-order chi connectivity index (χ0) is 22.6. The van der Waals surface area contributed by atoms with Gasteiger partial charge in [0.15, 0.2) is 0 Å². The number of carbonyl (C=O) groups is 1. The minimum atomic E-state index is -0.0588. The average Bonchev–Trinajstić information content (AvgIpc) is 3.52. The van der Waals surface area contributed by atoms with Gasteiger partial charge in [0.1, 0.15) is 0 Å². The Kier molecular flexibility index (Phi) is 6.39. The summed E-state index contributed by atoms with van der Waals surface area (Å²) in [4.78, 5) is 17.5. The van der Waals surface area contributed by atoms with Crippen LogP contribution in [0.15, 0.2) is 52.9 Å². The number of carbonyl (C=O) groups excluding carboxylic acids is 1. The molecule has 2 heterocycles. The van der Waals surface area contributed by atoms with E-state index in [0.717, 1.165) is 43.3 Å². The van der Waals surface area contributed by atoms with Gasteiger partial charge in [-0.2, -0.15) is 0 Å². The van der Waals surface area contributed by atoms with Crippen molar-refractivity contribution in [3.8, 4) is 11.5 Å². The Morgan fingerprint density at radius 2 is 1.85 bits per heavy atom. The van der Waals surface area contributed by atoms with Crippen molar-refractivity contribution < 1.29 is 9.21 Å². The largest absolute Gasteiger partial charge is 0.421 e. The molecule has 0 radical (unpaired) electrons. The molecule has 2 aliphatic rings. The SMILES string of the molecule is Cc1ccc(-c2nnc(CCC(=O)Nc3cccc(N4CCN(CC5CC5)CC4)c3)o2)cc1. The Morgan fingerprint density at radius 3 is 2.61 bits per heavy atom. The smallest absolute Gasteiger partial charge is 0.247 e. The van der Waals surface area contributed by atoms with E-state index in [0.29, 0.717) is 24.6 Å². The minimum absolute atomic E-state index is 0.0588. The first-order valence-electron chi connectivity index (χ1n) is 11.9. The summed E-state index contributed by atoms with van der Waals surface area (Å²) in [5.41, 5.74) is 4.05. The first-order chi connectivity index (χ1) is 16.1. The Labute approximate surface area is 194 Å². The van der Waals surface area contributed by atoms with Crippen molar-refractivity contribution in [3.05, 3.63) is 60.0 Å². The van der Waals surface area contributed by atoms with E-state index in [2.05, 4.69) is 37.4 Å². The summed E-state index contributed by atoms with van der Waals surface area (Å²) < 4.78 is 5.73. The molecule has 1 aromatic heterocycles. The van der Waals surface area contributed by atoms with Gasteiger partial charge in [0, 0.05) is 62.5 Å². The highest BCUT2D eigenvalue weighted by atomic mass is 16.4. The van der Waals surface area contributed by atoms with Crippen molar-refractivity contribution in [2.24, 2.45) is 5.92 Å². The van der Waals surface area contributed by atoms with Crippen molar-refractivity contribution in [1.29, 1.82) is 0 Å². The molecule has 0 atom stereocenters. The molecule has 33 heavy (non-hydrogen) atoms. The van der Waals surface area contributed by atoms with E-state index in [4.69, 9.17) is 4.42 Å². The average molecular weight is 446 g/mol. The van der Waals surface area contributed by atoms with Gasteiger partial charge in [0.2, 0.25) is 17.7 Å². The van der Waals surface area contributed by atoms with Gasteiger partial charge in [0.05, 0.1) is 0 Å². The van der Waals surface area contributed by atoms with Crippen molar-refractivity contribution >= 4 is 17.3 Å². The number of rotatable bonds is 8. The number of amides is 1. The fourth-order valence-electron chi connectivity index (χ4n) is 4.25. The van der Waals surface area contributed by atoms with Crippen LogP contribution < -0.4 is 10.2 Å². The zero-order valence-corrected chi connectivity index (χ0v) is 19.2. The van der Waals surface area contributed by atoms with Crippen LogP contribution in [0.5, 0.6) is 0 Å². The quantitative estimate of drug-likeness (QED) is 0.562. The summed E-state index contributed by atoms with van der Waals surface area (Å²) in [6.45, 7) is 7.59. The maximum Gasteiger partial charge on any atom is 0.247 e. The van der Waals surface area contributed by atoms with Crippen molar-refractivity contribution in [2.45, 2.75) is 32.6 Å². The van der Waals surface area contributed by atoms with Gasteiger partial charge in [-0.3, -0.25) is 9.69 Å². The molecule has 0 spiro atoms. The van der Waals surface area contributed by atoms with E-state index < -0.39 is 0 Å². The normalized spacial score (nSPS) is 16.7. The summed E-state index contributed by atoms with van der Waals surface area (Å²) in [6.07, 6.45) is 3.51. The summed E-state index contributed by atoms with van der Waals surface area (Å²) in [6, 6.07) is 16.1. The topological polar surface area (TPSA) is 74.5 Å². The summed E-state index contributed by atoms with van der Waals surface area (Å²) >= 11 is 0. The van der Waals surface area contributed by atoms with Gasteiger partial charge in [-0.1, -0.05) is 23.8 Å². The number of anilines is 2. The fraction of sp³-hybridized carbons (Fsp3) is 0.423. The Morgan fingerprint density at radius 1 is 1.06 bits per heavy atom. The number of nitrogens with zero attached hydrogens (tertiary/aromatic N) is 4. The van der Waals surface area contributed by atoms with Gasteiger partial charge in [0.25, 0.3) is 0 Å². The third kappa shape index (κ3) is 5.79. The molecule has 172 valence electrons. The molecule has 1 saturated carbocycles. The molecule has 0 bridgehead atoms. The minimum Gasteiger partial charge on any atom is -0.421 e. The van der Waals surface area contributed by atoms with Gasteiger partial charge < -0.3 is 14.6 Å². The molecule has 5 rings (SSSR count). The lowest BCUT2D eigenvalue weighted by Crippen LogP contribution is -2.47. The lowest BCUT2D eigenvalue weighted by atomic mass is 10.1. The number of piperazine rings is 1. The molecule has 1 aliphatic heterocycles. The van der Waals surface area contributed by atoms with Crippen LogP contribution in [0, 0.1) is 12.8 Å². The highest BCUT2D eigenvalue weighted by molar-refractivity contribution is 5.91. The number of hydrogen-bond acceptors (Lipinski definition) is 6. The molecule has 7 heteroatoms. The molecule has 2 aromatic carbocycles. The van der Waals surface area contributed by atoms with Gasteiger partial charge in [-0.25, -0.2) is 0 Å². The third-order valence-electron chi connectivity index (χ3n) is 6.41. The van der Waals surface area contributed by atoms with Crippen LogP contribution in [0.3, 0.4) is 0 Å². The number of aryl methyl sites for hydroxylation is 2. The molecular formula is C26H31N5O2. The van der Waals surface area contributed by atoms with Crippen LogP contribution in [0.2, 0.25) is 0 Å². The third-order valence-corrected chi connectivity index (χ3v) is 6.41. The van der Waals surface area contributed by atoms with E-state index in [1.807, 2.05) is 43.3 Å². The lowest BCUT2D eigenvalue weighted by Gasteiger charge is -2.36. The predicted molar refractivity (Wildman–Crippen MR) is 129 cm³/mol. The van der Waals surface area contributed by atoms with Gasteiger partial charge in [-0.05, 0) is 56.0 Å². The van der Waals surface area contributed by atoms with Crippen LogP contribution in [0.1, 0.15) is 30.7 Å². The van der Waals surface area contributed by atoms with Crippen molar-refractivity contribution in [2.75, 3.05) is 42.9 Å². The number of hydrogen-bond donors (Lipinski definition) is 1. The van der Waals surface area contributed by atoms with Gasteiger partial charge in [-0.15, -0.1) is 10.2 Å². The lowest BCUT2D eigenvalue weighted by molar-refractivity contribution is -0.116. The van der Waals surface area contributed by atoms with E-state index in [1.54, 1.807) is 0 Å². The highest BCUT2D eigenvalue weighted by Crippen LogP contribution is 2.30. The van der Waals surface area contributed by atoms with E-state index in [1.165, 1.54) is 30.6 Å². The molecule has 1 N–H and O–H groups in total. The highest BCUT2D eigenvalue weighted by Gasteiger charge is 2.26. The number of aromatic nitrogens is 2. The monoisotopic (exact) mass is 445 g/mol. The predicted octanol–water partition coefficient (Wildman–Crippen LogP) is 4.15. The van der Waals surface area contributed by atoms with E-state index in [9.17, 15) is 4.79 Å². The Balaban J connectivity index is 1.11. The molecular weight excluding hydrogens is 414 g/mol. The Bertz CT molecular complexity index is 1080. The van der Waals surface area contributed by atoms with E-state index in [-0.39, 0.29) is 5.91 Å². The molecule has 7 nitrogen and oxygen atoms in total. The summed E-state index contributed by atoms with van der Waals surface area (Å²) in [7, 11) is 0. The summed E-state index contributed by atoms with van der Waals surface area (Å²) in [5, 5.41) is 11.2. The van der Waals surface area contributed by atoms with E-state index >= 15 is 0 Å². The molecule has 0 unspecified atom stereocenters. The van der Waals surface area contributed by atoms with Crippen LogP contribution >= 0.6 is 0 Å². The van der Waals surface area contributed by atoms with Crippen LogP contribution in [-0.2, 0) is 11.2 Å². The maximum atomic E-state index is 12.5. The summed E-state index contributed by atoms with van der Waals surface area (Å²) in [5.74, 6) is 1.84.